The van der Waals surface area contributed by atoms with Crippen LogP contribution in [0.3, 0.4) is 0 Å². The number of para-hydroxylation sites is 1. The number of carboxylic acids is 1. The quantitative estimate of drug-likeness (QED) is 0.492. The van der Waals surface area contributed by atoms with E-state index >= 15 is 0 Å². The number of aromatic carboxylic acids is 1. The van der Waals surface area contributed by atoms with Crippen LogP contribution in [0.2, 0.25) is 5.02 Å². The van der Waals surface area contributed by atoms with E-state index in [1.807, 2.05) is 0 Å². The van der Waals surface area contributed by atoms with Crippen molar-refractivity contribution in [1.29, 1.82) is 0 Å². The summed E-state index contributed by atoms with van der Waals surface area (Å²) < 4.78 is 5.70. The van der Waals surface area contributed by atoms with Crippen molar-refractivity contribution in [2.75, 3.05) is 4.90 Å². The topological polar surface area (TPSA) is 99.9 Å². The van der Waals surface area contributed by atoms with Gasteiger partial charge in [0.15, 0.2) is 0 Å². The normalized spacial score (nSPS) is 15.1. The molecule has 1 fully saturated rings. The van der Waals surface area contributed by atoms with E-state index < -0.39 is 17.9 Å². The number of nitrogens with one attached hydrogen (secondary N) is 1. The van der Waals surface area contributed by atoms with Gasteiger partial charge < -0.3 is 14.8 Å². The number of carbonyl (C=O) groups excluding carboxylic acids is 2. The predicted molar refractivity (Wildman–Crippen MR) is 107 cm³/mol. The van der Waals surface area contributed by atoms with Crippen LogP contribution >= 0.6 is 11.6 Å². The molecule has 2 heterocycles. The lowest BCUT2D eigenvalue weighted by molar-refractivity contribution is -0.113. The number of anilines is 1. The molecule has 1 saturated heterocycles. The zero-order valence-corrected chi connectivity index (χ0v) is 15.5. The number of carbonyl (C=O) groups is 3. The van der Waals surface area contributed by atoms with E-state index in [0.717, 1.165) is 4.90 Å². The first-order valence-electron chi connectivity index (χ1n) is 8.49. The highest BCUT2D eigenvalue weighted by atomic mass is 35.5. The molecular weight excluding hydrogens is 396 g/mol. The number of benzene rings is 2. The average Bonchev–Trinajstić information content (AvgIpc) is 3.27. The number of imide groups is 1. The maximum absolute atomic E-state index is 12.6. The zero-order valence-electron chi connectivity index (χ0n) is 14.8. The molecule has 0 bridgehead atoms. The second kappa shape index (κ2) is 7.29. The Hall–Kier alpha value is -3.84. The third-order valence-electron chi connectivity index (χ3n) is 4.29. The molecule has 0 spiro atoms. The van der Waals surface area contributed by atoms with Crippen molar-refractivity contribution >= 4 is 41.3 Å². The minimum atomic E-state index is -1.15. The molecule has 4 rings (SSSR count). The van der Waals surface area contributed by atoms with Gasteiger partial charge in [0.2, 0.25) is 0 Å². The summed E-state index contributed by atoms with van der Waals surface area (Å²) in [6, 6.07) is 15.8. The number of urea groups is 1. The second-order valence-corrected chi connectivity index (χ2v) is 6.57. The van der Waals surface area contributed by atoms with E-state index in [1.54, 1.807) is 48.5 Å². The molecule has 7 nitrogen and oxygen atoms in total. The van der Waals surface area contributed by atoms with Crippen molar-refractivity contribution in [3.05, 3.63) is 82.7 Å². The van der Waals surface area contributed by atoms with Crippen molar-refractivity contribution < 1.29 is 23.9 Å². The third kappa shape index (κ3) is 3.51. The van der Waals surface area contributed by atoms with Gasteiger partial charge in [-0.15, -0.1) is 0 Å². The molecule has 3 aromatic rings. The summed E-state index contributed by atoms with van der Waals surface area (Å²) in [5.74, 6) is -0.928. The minimum Gasteiger partial charge on any atom is -0.478 e. The lowest BCUT2D eigenvalue weighted by Gasteiger charge is -2.10. The number of halogens is 1. The molecule has 1 aromatic heterocycles. The van der Waals surface area contributed by atoms with Crippen molar-refractivity contribution in [2.24, 2.45) is 0 Å². The van der Waals surface area contributed by atoms with E-state index in [0.29, 0.717) is 22.8 Å². The highest BCUT2D eigenvalue weighted by Gasteiger charge is 2.34. The summed E-state index contributed by atoms with van der Waals surface area (Å²) in [5.41, 5.74) is 1.00. The van der Waals surface area contributed by atoms with Crippen LogP contribution in [0.5, 0.6) is 0 Å². The van der Waals surface area contributed by atoms with Crippen molar-refractivity contribution in [3.8, 4) is 11.3 Å². The van der Waals surface area contributed by atoms with Crippen molar-refractivity contribution in [1.82, 2.24) is 5.32 Å². The fourth-order valence-electron chi connectivity index (χ4n) is 2.92. The SMILES string of the molecule is O=C(O)c1cc(-c2ccc(/C=C3\NC(=O)N(c4ccccc4)C3=O)o2)ccc1Cl. The number of amides is 3. The van der Waals surface area contributed by atoms with Crippen LogP contribution in [0.4, 0.5) is 10.5 Å². The van der Waals surface area contributed by atoms with E-state index in [2.05, 4.69) is 5.32 Å². The maximum atomic E-state index is 12.6. The zero-order chi connectivity index (χ0) is 20.5. The Morgan fingerprint density at radius 1 is 1.07 bits per heavy atom. The molecule has 144 valence electrons. The van der Waals surface area contributed by atoms with Gasteiger partial charge in [-0.05, 0) is 42.5 Å². The van der Waals surface area contributed by atoms with Gasteiger partial charge in [-0.3, -0.25) is 4.79 Å². The molecule has 0 atom stereocenters. The molecule has 0 aliphatic carbocycles. The average molecular weight is 409 g/mol. The number of hydrogen-bond donors (Lipinski definition) is 2. The van der Waals surface area contributed by atoms with Crippen molar-refractivity contribution in [2.45, 2.75) is 0 Å². The Kier molecular flexibility index (Phi) is 4.66. The summed E-state index contributed by atoms with van der Waals surface area (Å²) in [6.45, 7) is 0. The first-order valence-corrected chi connectivity index (χ1v) is 8.87. The summed E-state index contributed by atoms with van der Waals surface area (Å²) >= 11 is 5.89. The largest absolute Gasteiger partial charge is 0.478 e. The van der Waals surface area contributed by atoms with Crippen LogP contribution in [0.15, 0.2) is 70.8 Å². The van der Waals surface area contributed by atoms with Gasteiger partial charge in [-0.2, -0.15) is 0 Å². The van der Waals surface area contributed by atoms with E-state index in [9.17, 15) is 19.5 Å². The number of nitrogens with zero attached hydrogens (tertiary/aromatic N) is 1. The molecule has 0 unspecified atom stereocenters. The van der Waals surface area contributed by atoms with Crippen LogP contribution < -0.4 is 10.2 Å². The number of rotatable bonds is 4. The molecule has 29 heavy (non-hydrogen) atoms. The van der Waals surface area contributed by atoms with Crippen LogP contribution in [0, 0.1) is 0 Å². The summed E-state index contributed by atoms with van der Waals surface area (Å²) in [5, 5.41) is 11.8. The van der Waals surface area contributed by atoms with Gasteiger partial charge in [0.1, 0.15) is 17.2 Å². The molecule has 0 saturated carbocycles. The first kappa shape index (κ1) is 18.5. The van der Waals surface area contributed by atoms with E-state index in [4.69, 9.17) is 16.0 Å². The lowest BCUT2D eigenvalue weighted by Crippen LogP contribution is -2.30. The van der Waals surface area contributed by atoms with Gasteiger partial charge in [-0.1, -0.05) is 29.8 Å². The first-order chi connectivity index (χ1) is 13.9. The smallest absolute Gasteiger partial charge is 0.337 e. The molecular formula is C21H13ClN2O5. The Labute approximate surface area is 169 Å². The fraction of sp³-hybridized carbons (Fsp3) is 0. The highest BCUT2D eigenvalue weighted by Crippen LogP contribution is 2.28. The highest BCUT2D eigenvalue weighted by molar-refractivity contribution is 6.33. The third-order valence-corrected chi connectivity index (χ3v) is 4.62. The Morgan fingerprint density at radius 2 is 1.83 bits per heavy atom. The van der Waals surface area contributed by atoms with Crippen LogP contribution in [-0.2, 0) is 4.79 Å². The number of furan rings is 1. The predicted octanol–water partition coefficient (Wildman–Crippen LogP) is 4.40. The molecule has 2 aromatic carbocycles. The second-order valence-electron chi connectivity index (χ2n) is 6.17. The number of carboxylic acid groups (broad SMARTS) is 1. The lowest BCUT2D eigenvalue weighted by atomic mass is 10.1. The minimum absolute atomic E-state index is 0.0443. The standard InChI is InChI=1S/C21H13ClN2O5/c22-16-8-6-12(10-15(16)20(26)27)18-9-7-14(29-18)11-17-19(25)24(21(28)23-17)13-4-2-1-3-5-13/h1-11H,(H,23,28)(H,26,27)/b17-11-. The fourth-order valence-corrected chi connectivity index (χ4v) is 3.12. The Morgan fingerprint density at radius 3 is 2.55 bits per heavy atom. The van der Waals surface area contributed by atoms with Gasteiger partial charge in [0.25, 0.3) is 5.91 Å². The van der Waals surface area contributed by atoms with Gasteiger partial charge in [0, 0.05) is 11.6 Å². The number of hydrogen-bond acceptors (Lipinski definition) is 4. The van der Waals surface area contributed by atoms with Crippen molar-refractivity contribution in [3.63, 3.8) is 0 Å². The summed E-state index contributed by atoms with van der Waals surface area (Å²) in [4.78, 5) is 37.1. The molecule has 3 amide bonds. The van der Waals surface area contributed by atoms with E-state index in [1.165, 1.54) is 18.2 Å². The van der Waals surface area contributed by atoms with Crippen LogP contribution in [-0.4, -0.2) is 23.0 Å². The summed E-state index contributed by atoms with van der Waals surface area (Å²) in [7, 11) is 0. The van der Waals surface area contributed by atoms with Gasteiger partial charge in [0.05, 0.1) is 16.3 Å². The van der Waals surface area contributed by atoms with Crippen LogP contribution in [0.1, 0.15) is 16.1 Å². The maximum Gasteiger partial charge on any atom is 0.337 e. The summed E-state index contributed by atoms with van der Waals surface area (Å²) in [6.07, 6.45) is 1.42. The monoisotopic (exact) mass is 408 g/mol. The van der Waals surface area contributed by atoms with Gasteiger partial charge in [-0.25, -0.2) is 14.5 Å². The molecule has 1 aliphatic heterocycles. The Balaban J connectivity index is 1.62. The molecule has 2 N–H and O–H groups in total. The molecule has 0 radical (unpaired) electrons. The molecule has 8 heteroatoms. The van der Waals surface area contributed by atoms with Gasteiger partial charge >= 0.3 is 12.0 Å². The van der Waals surface area contributed by atoms with E-state index in [-0.39, 0.29) is 16.3 Å². The van der Waals surface area contributed by atoms with Crippen LogP contribution in [0.25, 0.3) is 17.4 Å². The molecule has 1 aliphatic rings. The Bertz CT molecular complexity index is 1170.